The lowest BCUT2D eigenvalue weighted by atomic mass is 10.0. The van der Waals surface area contributed by atoms with Gasteiger partial charge in [-0.1, -0.05) is 18.2 Å². The fourth-order valence-electron chi connectivity index (χ4n) is 3.36. The normalized spacial score (nSPS) is 17.0. The van der Waals surface area contributed by atoms with E-state index in [0.717, 1.165) is 29.7 Å². The van der Waals surface area contributed by atoms with E-state index in [2.05, 4.69) is 15.2 Å². The number of hydrogen-bond donors (Lipinski definition) is 1. The van der Waals surface area contributed by atoms with Crippen LogP contribution in [0.5, 0.6) is 0 Å². The van der Waals surface area contributed by atoms with Gasteiger partial charge in [0, 0.05) is 18.3 Å². The van der Waals surface area contributed by atoms with Crippen LogP contribution in [0.2, 0.25) is 0 Å². The van der Waals surface area contributed by atoms with Crippen molar-refractivity contribution in [3.8, 4) is 11.1 Å². The number of carbonyl (C=O) groups excluding carboxylic acids is 1. The van der Waals surface area contributed by atoms with Crippen LogP contribution in [0.4, 0.5) is 4.39 Å². The summed E-state index contributed by atoms with van der Waals surface area (Å²) in [4.78, 5) is 18.8. The maximum absolute atomic E-state index is 13.2. The zero-order valence-electron chi connectivity index (χ0n) is 13.5. The summed E-state index contributed by atoms with van der Waals surface area (Å²) in [5.41, 5.74) is 3.10. The van der Waals surface area contributed by atoms with Gasteiger partial charge in [0.25, 0.3) is 5.91 Å². The van der Waals surface area contributed by atoms with Crippen LogP contribution in [0.3, 0.4) is 0 Å². The molecule has 3 aromatic rings. The highest BCUT2D eigenvalue weighted by atomic mass is 19.1. The van der Waals surface area contributed by atoms with E-state index in [1.54, 1.807) is 36.7 Å². The molecule has 1 aromatic carbocycles. The van der Waals surface area contributed by atoms with Crippen molar-refractivity contribution in [3.63, 3.8) is 0 Å². The average molecular weight is 336 g/mol. The minimum absolute atomic E-state index is 0.0808. The van der Waals surface area contributed by atoms with Crippen molar-refractivity contribution in [3.05, 3.63) is 72.1 Å². The van der Waals surface area contributed by atoms with Gasteiger partial charge in [0.2, 0.25) is 0 Å². The molecule has 126 valence electrons. The Morgan fingerprint density at radius 3 is 2.80 bits per heavy atom. The van der Waals surface area contributed by atoms with Gasteiger partial charge in [-0.15, -0.1) is 0 Å². The lowest BCUT2D eigenvalue weighted by Gasteiger charge is -2.24. The van der Waals surface area contributed by atoms with Gasteiger partial charge in [0.1, 0.15) is 11.5 Å². The Morgan fingerprint density at radius 2 is 2.04 bits per heavy atom. The Morgan fingerprint density at radius 1 is 1.20 bits per heavy atom. The number of nitrogens with zero attached hydrogens (tertiary/aromatic N) is 3. The molecule has 0 aliphatic carbocycles. The Balaban J connectivity index is 1.67. The summed E-state index contributed by atoms with van der Waals surface area (Å²) in [5.74, 6) is -0.357. The van der Waals surface area contributed by atoms with Gasteiger partial charge in [-0.05, 0) is 42.7 Å². The van der Waals surface area contributed by atoms with E-state index in [1.165, 1.54) is 12.1 Å². The molecular formula is C19H17FN4O. The zero-order valence-corrected chi connectivity index (χ0v) is 13.5. The summed E-state index contributed by atoms with van der Waals surface area (Å²) in [7, 11) is 0. The van der Waals surface area contributed by atoms with Crippen molar-refractivity contribution in [1.29, 1.82) is 0 Å². The van der Waals surface area contributed by atoms with E-state index < -0.39 is 0 Å². The number of aromatic nitrogens is 3. The van der Waals surface area contributed by atoms with E-state index >= 15 is 0 Å². The van der Waals surface area contributed by atoms with E-state index in [0.29, 0.717) is 12.2 Å². The molecule has 4 rings (SSSR count). The van der Waals surface area contributed by atoms with Crippen LogP contribution in [0.25, 0.3) is 11.1 Å². The van der Waals surface area contributed by atoms with Gasteiger partial charge in [-0.3, -0.25) is 14.9 Å². The number of likely N-dealkylation sites (tertiary alicyclic amines) is 1. The standard InChI is InChI=1S/C19H17FN4O/c20-14-8-6-13(7-9-14)15-12-22-23-18(15)17-5-3-11-24(17)19(25)16-4-1-2-10-21-16/h1-2,4,6-10,12,17H,3,5,11H2,(H,22,23)/t17-/m1/s1. The predicted molar refractivity (Wildman–Crippen MR) is 91.2 cm³/mol. The van der Waals surface area contributed by atoms with Crippen LogP contribution in [-0.2, 0) is 0 Å². The topological polar surface area (TPSA) is 61.9 Å². The number of nitrogens with one attached hydrogen (secondary N) is 1. The number of carbonyl (C=O) groups is 1. The minimum atomic E-state index is -0.276. The number of hydrogen-bond acceptors (Lipinski definition) is 3. The summed E-state index contributed by atoms with van der Waals surface area (Å²) < 4.78 is 13.2. The quantitative estimate of drug-likeness (QED) is 0.795. The largest absolute Gasteiger partial charge is 0.329 e. The molecule has 3 heterocycles. The van der Waals surface area contributed by atoms with Crippen LogP contribution in [0, 0.1) is 5.82 Å². The van der Waals surface area contributed by atoms with E-state index in [1.807, 2.05) is 11.0 Å². The van der Waals surface area contributed by atoms with Crippen molar-refractivity contribution in [2.75, 3.05) is 6.54 Å². The summed E-state index contributed by atoms with van der Waals surface area (Å²) in [5, 5.41) is 7.20. The number of pyridine rings is 1. The zero-order chi connectivity index (χ0) is 17.2. The fraction of sp³-hybridized carbons (Fsp3) is 0.211. The van der Waals surface area contributed by atoms with Crippen LogP contribution in [0.15, 0.2) is 54.9 Å². The molecule has 1 N–H and O–H groups in total. The molecule has 1 saturated heterocycles. The molecule has 5 nitrogen and oxygen atoms in total. The molecule has 25 heavy (non-hydrogen) atoms. The molecule has 1 aliphatic rings. The summed E-state index contributed by atoms with van der Waals surface area (Å²) in [6.07, 6.45) is 5.13. The molecule has 0 bridgehead atoms. The summed E-state index contributed by atoms with van der Waals surface area (Å²) >= 11 is 0. The highest BCUT2D eigenvalue weighted by molar-refractivity contribution is 5.92. The molecule has 0 radical (unpaired) electrons. The van der Waals surface area contributed by atoms with Gasteiger partial charge < -0.3 is 4.90 Å². The number of H-pyrrole nitrogens is 1. The second kappa shape index (κ2) is 6.47. The predicted octanol–water partition coefficient (Wildman–Crippen LogP) is 3.59. The SMILES string of the molecule is O=C(c1ccccn1)N1CCC[C@@H]1c1[nH]ncc1-c1ccc(F)cc1. The Labute approximate surface area is 144 Å². The van der Waals surface area contributed by atoms with Crippen molar-refractivity contribution < 1.29 is 9.18 Å². The molecule has 2 aromatic heterocycles. The smallest absolute Gasteiger partial charge is 0.273 e. The second-order valence-electron chi connectivity index (χ2n) is 6.08. The van der Waals surface area contributed by atoms with Crippen LogP contribution >= 0.6 is 0 Å². The van der Waals surface area contributed by atoms with Gasteiger partial charge in [0.05, 0.1) is 17.9 Å². The third kappa shape index (κ3) is 2.91. The van der Waals surface area contributed by atoms with Gasteiger partial charge >= 0.3 is 0 Å². The molecular weight excluding hydrogens is 319 g/mol. The van der Waals surface area contributed by atoms with Crippen molar-refractivity contribution in [2.45, 2.75) is 18.9 Å². The highest BCUT2D eigenvalue weighted by Gasteiger charge is 2.33. The Hall–Kier alpha value is -3.02. The molecule has 6 heteroatoms. The molecule has 1 amide bonds. The number of benzene rings is 1. The monoisotopic (exact) mass is 336 g/mol. The van der Waals surface area contributed by atoms with Crippen molar-refractivity contribution in [2.24, 2.45) is 0 Å². The first-order chi connectivity index (χ1) is 12.2. The van der Waals surface area contributed by atoms with E-state index in [-0.39, 0.29) is 17.8 Å². The Kier molecular flexibility index (Phi) is 4.01. The van der Waals surface area contributed by atoms with Crippen molar-refractivity contribution >= 4 is 5.91 Å². The first-order valence-corrected chi connectivity index (χ1v) is 8.25. The summed E-state index contributed by atoms with van der Waals surface area (Å²) in [6, 6.07) is 11.6. The first kappa shape index (κ1) is 15.5. The molecule has 0 spiro atoms. The molecule has 0 unspecified atom stereocenters. The van der Waals surface area contributed by atoms with E-state index in [4.69, 9.17) is 0 Å². The van der Waals surface area contributed by atoms with E-state index in [9.17, 15) is 9.18 Å². The maximum Gasteiger partial charge on any atom is 0.273 e. The Bertz CT molecular complexity index is 876. The number of amides is 1. The summed E-state index contributed by atoms with van der Waals surface area (Å²) in [6.45, 7) is 0.682. The lowest BCUT2D eigenvalue weighted by molar-refractivity contribution is 0.0727. The molecule has 1 fully saturated rings. The molecule has 0 saturated carbocycles. The third-order valence-electron chi connectivity index (χ3n) is 4.55. The number of halogens is 1. The lowest BCUT2D eigenvalue weighted by Crippen LogP contribution is -2.31. The first-order valence-electron chi connectivity index (χ1n) is 8.25. The second-order valence-corrected chi connectivity index (χ2v) is 6.08. The van der Waals surface area contributed by atoms with Gasteiger partial charge in [-0.2, -0.15) is 5.10 Å². The fourth-order valence-corrected chi connectivity index (χ4v) is 3.36. The van der Waals surface area contributed by atoms with Crippen LogP contribution < -0.4 is 0 Å². The highest BCUT2D eigenvalue weighted by Crippen LogP contribution is 2.37. The van der Waals surface area contributed by atoms with Crippen molar-refractivity contribution in [1.82, 2.24) is 20.1 Å². The number of aromatic amines is 1. The maximum atomic E-state index is 13.2. The van der Waals surface area contributed by atoms with Gasteiger partial charge in [-0.25, -0.2) is 4.39 Å². The average Bonchev–Trinajstić information content (AvgIpc) is 3.31. The number of rotatable bonds is 3. The minimum Gasteiger partial charge on any atom is -0.329 e. The molecule has 1 aliphatic heterocycles. The van der Waals surface area contributed by atoms with Gasteiger partial charge in [0.15, 0.2) is 0 Å². The third-order valence-corrected chi connectivity index (χ3v) is 4.55. The molecule has 1 atom stereocenters. The van der Waals surface area contributed by atoms with Crippen LogP contribution in [-0.4, -0.2) is 32.5 Å². The van der Waals surface area contributed by atoms with Crippen LogP contribution in [0.1, 0.15) is 35.1 Å².